The zero-order chi connectivity index (χ0) is 31.3. The molecule has 12 heteroatoms. The number of aromatic nitrogens is 2. The molecule has 2 unspecified atom stereocenters. The largest absolute Gasteiger partial charge is 0.481 e. The topological polar surface area (TPSA) is 95.7 Å². The van der Waals surface area contributed by atoms with Crippen molar-refractivity contribution in [3.05, 3.63) is 57.4 Å². The monoisotopic (exact) mass is 620 g/mol. The molecule has 3 aliphatic rings. The standard InChI is InChI=1S/C31H36ClF3N4O4/c1-37(2)15-16-38(3)27(40)20-11-12-21-24(17-20)39(36-26(21)18-7-9-19(10-8-18)29(42)43)28(41)25-22(5-4-6-23(25)32)30(13-14-30)31(33,34)35/h4-7,19-20H,8-17H2,1-3H3,(H,42,43). The maximum atomic E-state index is 14.2. The van der Waals surface area contributed by atoms with Crippen molar-refractivity contribution in [3.8, 4) is 0 Å². The van der Waals surface area contributed by atoms with Gasteiger partial charge in [-0.05, 0) is 76.2 Å². The number of amides is 1. The van der Waals surface area contributed by atoms with Crippen LogP contribution in [0.1, 0.15) is 71.4 Å². The minimum absolute atomic E-state index is 0.0668. The van der Waals surface area contributed by atoms with E-state index in [4.69, 9.17) is 11.6 Å². The smallest absolute Gasteiger partial charge is 0.398 e. The fourth-order valence-electron chi connectivity index (χ4n) is 6.37. The third-order valence-electron chi connectivity index (χ3n) is 9.17. The highest BCUT2D eigenvalue weighted by molar-refractivity contribution is 6.34. The predicted molar refractivity (Wildman–Crippen MR) is 155 cm³/mol. The Kier molecular flexibility index (Phi) is 8.52. The second kappa shape index (κ2) is 11.7. The first kappa shape index (κ1) is 31.3. The second-order valence-corrected chi connectivity index (χ2v) is 12.7. The van der Waals surface area contributed by atoms with Gasteiger partial charge in [-0.25, -0.2) is 0 Å². The van der Waals surface area contributed by atoms with E-state index >= 15 is 0 Å². The van der Waals surface area contributed by atoms with E-state index in [1.165, 1.54) is 18.2 Å². The van der Waals surface area contributed by atoms with Gasteiger partial charge in [-0.15, -0.1) is 0 Å². The summed E-state index contributed by atoms with van der Waals surface area (Å²) in [5.74, 6) is -2.63. The quantitative estimate of drug-likeness (QED) is 0.435. The van der Waals surface area contributed by atoms with Gasteiger partial charge >= 0.3 is 12.1 Å². The van der Waals surface area contributed by atoms with Crippen molar-refractivity contribution in [2.45, 2.75) is 63.0 Å². The molecule has 0 bridgehead atoms. The average molecular weight is 621 g/mol. The number of carbonyl (C=O) groups excluding carboxylic acids is 2. The van der Waals surface area contributed by atoms with Crippen LogP contribution in [0, 0.1) is 11.8 Å². The number of aliphatic carboxylic acids is 1. The summed E-state index contributed by atoms with van der Waals surface area (Å²) in [5, 5.41) is 14.0. The average Bonchev–Trinajstić information content (AvgIpc) is 3.71. The van der Waals surface area contributed by atoms with E-state index in [-0.39, 0.29) is 41.3 Å². The van der Waals surface area contributed by atoms with E-state index in [0.29, 0.717) is 56.6 Å². The van der Waals surface area contributed by atoms with E-state index in [1.54, 1.807) is 11.9 Å². The Balaban J connectivity index is 1.57. The lowest BCUT2D eigenvalue weighted by Crippen LogP contribution is -2.39. The van der Waals surface area contributed by atoms with Gasteiger partial charge in [0.1, 0.15) is 0 Å². The molecule has 2 atom stereocenters. The van der Waals surface area contributed by atoms with Gasteiger partial charge in [-0.3, -0.25) is 14.4 Å². The van der Waals surface area contributed by atoms with Crippen molar-refractivity contribution < 1.29 is 32.7 Å². The van der Waals surface area contributed by atoms with Crippen LogP contribution in [-0.4, -0.2) is 82.9 Å². The molecule has 1 N–H and O–H groups in total. The van der Waals surface area contributed by atoms with Crippen molar-refractivity contribution in [1.82, 2.24) is 19.6 Å². The number of carbonyl (C=O) groups is 3. The number of halogens is 4. The fourth-order valence-corrected chi connectivity index (χ4v) is 6.63. The molecule has 0 saturated heterocycles. The summed E-state index contributed by atoms with van der Waals surface area (Å²) in [6, 6.07) is 4.15. The molecular weight excluding hydrogens is 585 g/mol. The van der Waals surface area contributed by atoms with Crippen molar-refractivity contribution in [1.29, 1.82) is 0 Å². The van der Waals surface area contributed by atoms with E-state index in [2.05, 4.69) is 5.10 Å². The molecule has 0 radical (unpaired) electrons. The summed E-state index contributed by atoms with van der Waals surface area (Å²) in [4.78, 5) is 42.8. The first-order valence-corrected chi connectivity index (χ1v) is 15.0. The molecule has 43 heavy (non-hydrogen) atoms. The third kappa shape index (κ3) is 5.85. The number of alkyl halides is 3. The molecule has 2 aromatic rings. The fraction of sp³-hybridized carbons (Fsp3) is 0.548. The SMILES string of the molecule is CN(C)CCN(C)C(=O)C1CCc2c(C3=CCC(C(=O)O)CC3)nn(C(=O)c3c(Cl)cccc3C3(C(F)(F)F)CC3)c2C1. The third-order valence-corrected chi connectivity index (χ3v) is 9.49. The van der Waals surface area contributed by atoms with Gasteiger partial charge < -0.3 is 14.9 Å². The van der Waals surface area contributed by atoms with Crippen LogP contribution in [0.4, 0.5) is 13.2 Å². The first-order chi connectivity index (χ1) is 20.2. The van der Waals surface area contributed by atoms with Crippen molar-refractivity contribution in [2.24, 2.45) is 11.8 Å². The number of nitrogens with zero attached hydrogens (tertiary/aromatic N) is 4. The summed E-state index contributed by atoms with van der Waals surface area (Å²) in [7, 11) is 5.58. The summed E-state index contributed by atoms with van der Waals surface area (Å²) < 4.78 is 43.8. The lowest BCUT2D eigenvalue weighted by Gasteiger charge is -2.28. The van der Waals surface area contributed by atoms with Crippen LogP contribution in [-0.2, 0) is 27.8 Å². The maximum absolute atomic E-state index is 14.2. The van der Waals surface area contributed by atoms with Crippen molar-refractivity contribution in [3.63, 3.8) is 0 Å². The zero-order valence-corrected chi connectivity index (χ0v) is 25.3. The highest BCUT2D eigenvalue weighted by atomic mass is 35.5. The van der Waals surface area contributed by atoms with E-state index < -0.39 is 35.3 Å². The molecule has 232 valence electrons. The van der Waals surface area contributed by atoms with Crippen LogP contribution in [0.25, 0.3) is 5.57 Å². The molecule has 0 spiro atoms. The Morgan fingerprint density at radius 1 is 1.09 bits per heavy atom. The Bertz CT molecular complexity index is 1480. The van der Waals surface area contributed by atoms with Gasteiger partial charge in [0.05, 0.1) is 33.3 Å². The van der Waals surface area contributed by atoms with Crippen molar-refractivity contribution >= 4 is 35.0 Å². The lowest BCUT2D eigenvalue weighted by atomic mass is 9.82. The maximum Gasteiger partial charge on any atom is 0.398 e. The molecule has 1 saturated carbocycles. The number of hydrogen-bond donors (Lipinski definition) is 1. The predicted octanol–water partition coefficient (Wildman–Crippen LogP) is 5.21. The number of likely N-dealkylation sites (N-methyl/N-ethyl adjacent to an activating group) is 2. The first-order valence-electron chi connectivity index (χ1n) is 14.6. The minimum Gasteiger partial charge on any atom is -0.481 e. The number of carboxylic acids is 1. The van der Waals surface area contributed by atoms with Crippen LogP contribution in [0.3, 0.4) is 0 Å². The van der Waals surface area contributed by atoms with Crippen LogP contribution in [0.2, 0.25) is 5.02 Å². The second-order valence-electron chi connectivity index (χ2n) is 12.3. The summed E-state index contributed by atoms with van der Waals surface area (Å²) >= 11 is 6.46. The zero-order valence-electron chi connectivity index (χ0n) is 24.5. The lowest BCUT2D eigenvalue weighted by molar-refractivity contribution is -0.160. The van der Waals surface area contributed by atoms with Crippen LogP contribution in [0.5, 0.6) is 0 Å². The Morgan fingerprint density at radius 2 is 1.79 bits per heavy atom. The van der Waals surface area contributed by atoms with E-state index in [9.17, 15) is 32.7 Å². The Hall–Kier alpha value is -3.18. The molecule has 3 aliphatic carbocycles. The van der Waals surface area contributed by atoms with Crippen LogP contribution in [0.15, 0.2) is 24.3 Å². The summed E-state index contributed by atoms with van der Waals surface area (Å²) in [6.45, 7) is 1.21. The van der Waals surface area contributed by atoms with Crippen LogP contribution >= 0.6 is 11.6 Å². The summed E-state index contributed by atoms with van der Waals surface area (Å²) in [5.41, 5.74) is 0.108. The van der Waals surface area contributed by atoms with Crippen molar-refractivity contribution in [2.75, 3.05) is 34.2 Å². The highest BCUT2D eigenvalue weighted by Crippen LogP contribution is 2.60. The Morgan fingerprint density at radius 3 is 2.37 bits per heavy atom. The van der Waals surface area contributed by atoms with Gasteiger partial charge in [-0.2, -0.15) is 23.0 Å². The van der Waals surface area contributed by atoms with Crippen LogP contribution < -0.4 is 0 Å². The number of fused-ring (bicyclic) bond motifs is 1. The minimum atomic E-state index is -4.55. The number of hydrogen-bond acceptors (Lipinski definition) is 5. The normalized spacial score (nSPS) is 21.3. The van der Waals surface area contributed by atoms with E-state index in [0.717, 1.165) is 15.8 Å². The molecule has 1 heterocycles. The van der Waals surface area contributed by atoms with Gasteiger partial charge in [0.15, 0.2) is 0 Å². The van der Waals surface area contributed by atoms with E-state index in [1.807, 2.05) is 25.1 Å². The summed E-state index contributed by atoms with van der Waals surface area (Å²) in [6.07, 6.45) is -0.618. The molecule has 1 aromatic heterocycles. The van der Waals surface area contributed by atoms with Gasteiger partial charge in [0.2, 0.25) is 5.91 Å². The van der Waals surface area contributed by atoms with Gasteiger partial charge in [-0.1, -0.05) is 29.8 Å². The highest BCUT2D eigenvalue weighted by Gasteiger charge is 2.65. The molecule has 0 aliphatic heterocycles. The molecule has 1 aromatic carbocycles. The Labute approximate surface area is 253 Å². The number of carboxylic acid groups (broad SMARTS) is 1. The number of benzene rings is 1. The molecule has 8 nitrogen and oxygen atoms in total. The molecule has 1 amide bonds. The van der Waals surface area contributed by atoms with Gasteiger partial charge in [0.25, 0.3) is 5.91 Å². The molecular formula is C31H36ClF3N4O4. The molecule has 1 fully saturated rings. The number of allylic oxidation sites excluding steroid dienone is 2. The number of rotatable bonds is 8. The molecule has 5 rings (SSSR count). The van der Waals surface area contributed by atoms with Gasteiger partial charge in [0, 0.05) is 38.0 Å².